The first-order valence-corrected chi connectivity index (χ1v) is 6.97. The van der Waals surface area contributed by atoms with Gasteiger partial charge in [-0.05, 0) is 24.6 Å². The van der Waals surface area contributed by atoms with Crippen LogP contribution in [0.15, 0.2) is 24.3 Å². The fraction of sp³-hybridized carbons (Fsp3) is 0.467. The number of carbonyl (C=O) groups excluding carboxylic acids is 2. The normalized spacial score (nSPS) is 11.3. The molecule has 0 spiro atoms. The minimum Gasteiger partial charge on any atom is -0.350 e. The van der Waals surface area contributed by atoms with E-state index in [0.717, 1.165) is 5.56 Å². The molecule has 7 heteroatoms. The number of nitrogens with one attached hydrogen (secondary N) is 1. The molecule has 2 amide bonds. The molecule has 0 radical (unpaired) electrons. The maximum absolute atomic E-state index is 12.8. The summed E-state index contributed by atoms with van der Waals surface area (Å²) in [5.41, 5.74) is 6.26. The zero-order valence-electron chi connectivity index (χ0n) is 12.8. The van der Waals surface area contributed by atoms with Crippen LogP contribution in [0.4, 0.5) is 4.39 Å². The van der Waals surface area contributed by atoms with E-state index in [1.807, 2.05) is 6.92 Å². The first-order valence-electron chi connectivity index (χ1n) is 6.97. The van der Waals surface area contributed by atoms with Crippen molar-refractivity contribution in [3.63, 3.8) is 0 Å². The van der Waals surface area contributed by atoms with Gasteiger partial charge in [-0.3, -0.25) is 9.59 Å². The van der Waals surface area contributed by atoms with Crippen molar-refractivity contribution < 1.29 is 14.0 Å². The lowest BCUT2D eigenvalue weighted by Crippen LogP contribution is -2.43. The highest BCUT2D eigenvalue weighted by Crippen LogP contribution is 2.03. The number of nitrogens with zero attached hydrogens (tertiary/aromatic N) is 1. The van der Waals surface area contributed by atoms with E-state index in [-0.39, 0.29) is 49.0 Å². The molecular weight excluding hydrogens is 309 g/mol. The third kappa shape index (κ3) is 6.41. The monoisotopic (exact) mass is 331 g/mol. The van der Waals surface area contributed by atoms with Gasteiger partial charge in [0.25, 0.3) is 0 Å². The van der Waals surface area contributed by atoms with Gasteiger partial charge in [-0.1, -0.05) is 19.1 Å². The molecule has 0 heterocycles. The van der Waals surface area contributed by atoms with Gasteiger partial charge >= 0.3 is 0 Å². The molecule has 0 aliphatic heterocycles. The van der Waals surface area contributed by atoms with Crippen molar-refractivity contribution in [2.75, 3.05) is 19.6 Å². The number of benzene rings is 1. The topological polar surface area (TPSA) is 75.4 Å². The Morgan fingerprint density at radius 3 is 2.41 bits per heavy atom. The van der Waals surface area contributed by atoms with E-state index in [4.69, 9.17) is 5.73 Å². The lowest BCUT2D eigenvalue weighted by Gasteiger charge is -2.23. The van der Waals surface area contributed by atoms with Gasteiger partial charge in [0, 0.05) is 25.6 Å². The summed E-state index contributed by atoms with van der Waals surface area (Å²) >= 11 is 0. The lowest BCUT2D eigenvalue weighted by atomic mass is 10.1. The minimum absolute atomic E-state index is 0. The molecule has 0 bridgehead atoms. The zero-order valence-corrected chi connectivity index (χ0v) is 13.7. The highest BCUT2D eigenvalue weighted by molar-refractivity contribution is 5.86. The van der Waals surface area contributed by atoms with Gasteiger partial charge in [0.2, 0.25) is 11.8 Å². The van der Waals surface area contributed by atoms with Crippen molar-refractivity contribution in [1.82, 2.24) is 10.2 Å². The molecule has 1 aromatic rings. The summed E-state index contributed by atoms with van der Waals surface area (Å²) in [6.45, 7) is 4.56. The molecule has 0 saturated carbocycles. The lowest BCUT2D eigenvalue weighted by molar-refractivity contribution is -0.138. The second-order valence-corrected chi connectivity index (χ2v) is 4.89. The van der Waals surface area contributed by atoms with Crippen LogP contribution in [-0.4, -0.2) is 36.3 Å². The van der Waals surface area contributed by atoms with Gasteiger partial charge < -0.3 is 16.0 Å². The Morgan fingerprint density at radius 1 is 1.32 bits per heavy atom. The predicted octanol–water partition coefficient (Wildman–Crippen LogP) is 1.31. The first kappa shape index (κ1) is 20.3. The van der Waals surface area contributed by atoms with E-state index in [1.54, 1.807) is 19.1 Å². The van der Waals surface area contributed by atoms with Crippen molar-refractivity contribution in [3.05, 3.63) is 35.6 Å². The highest BCUT2D eigenvalue weighted by atomic mass is 35.5. The fourth-order valence-electron chi connectivity index (χ4n) is 1.79. The quantitative estimate of drug-likeness (QED) is 0.791. The number of likely N-dealkylation sites (N-methyl/N-ethyl adjacent to an activating group) is 1. The van der Waals surface area contributed by atoms with Crippen LogP contribution in [0.5, 0.6) is 0 Å². The molecule has 0 fully saturated rings. The van der Waals surface area contributed by atoms with E-state index in [1.165, 1.54) is 17.0 Å². The number of rotatable bonds is 7. The van der Waals surface area contributed by atoms with E-state index < -0.39 is 0 Å². The second-order valence-electron chi connectivity index (χ2n) is 4.89. The molecule has 5 nitrogen and oxygen atoms in total. The number of halogens is 2. The first-order chi connectivity index (χ1) is 9.97. The van der Waals surface area contributed by atoms with Gasteiger partial charge in [0.1, 0.15) is 5.82 Å². The Bertz CT molecular complexity index is 482. The van der Waals surface area contributed by atoms with Crippen LogP contribution in [0.25, 0.3) is 0 Å². The summed E-state index contributed by atoms with van der Waals surface area (Å²) in [6, 6.07) is 5.89. The summed E-state index contributed by atoms with van der Waals surface area (Å²) in [7, 11) is 0. The summed E-state index contributed by atoms with van der Waals surface area (Å²) < 4.78 is 12.8. The van der Waals surface area contributed by atoms with Gasteiger partial charge in [-0.25, -0.2) is 4.39 Å². The average Bonchev–Trinajstić information content (AvgIpc) is 2.50. The average molecular weight is 332 g/mol. The number of hydrogen-bond acceptors (Lipinski definition) is 3. The Kier molecular flexibility index (Phi) is 9.37. The summed E-state index contributed by atoms with van der Waals surface area (Å²) in [4.78, 5) is 25.3. The van der Waals surface area contributed by atoms with Crippen LogP contribution >= 0.6 is 12.4 Å². The summed E-state index contributed by atoms with van der Waals surface area (Å²) in [6.07, 6.45) is 0. The van der Waals surface area contributed by atoms with Gasteiger partial charge in [0.15, 0.2) is 0 Å². The minimum atomic E-state index is -0.316. The predicted molar refractivity (Wildman–Crippen MR) is 86.0 cm³/mol. The Hall–Kier alpha value is -1.66. The van der Waals surface area contributed by atoms with E-state index in [9.17, 15) is 14.0 Å². The van der Waals surface area contributed by atoms with Crippen LogP contribution in [0, 0.1) is 11.7 Å². The molecular formula is C15H23ClFN3O2. The molecule has 0 aromatic heterocycles. The zero-order chi connectivity index (χ0) is 15.8. The van der Waals surface area contributed by atoms with E-state index >= 15 is 0 Å². The molecule has 1 rings (SSSR count). The van der Waals surface area contributed by atoms with Crippen molar-refractivity contribution in [2.45, 2.75) is 20.4 Å². The van der Waals surface area contributed by atoms with Crippen LogP contribution in [0.3, 0.4) is 0 Å². The maximum Gasteiger partial charge on any atom is 0.239 e. The number of nitrogens with two attached hydrogens (primary N) is 1. The maximum atomic E-state index is 12.8. The Balaban J connectivity index is 0.00000441. The van der Waals surface area contributed by atoms with Gasteiger partial charge in [-0.2, -0.15) is 0 Å². The molecule has 124 valence electrons. The number of amides is 2. The standard InChI is InChI=1S/C15H22FN3O2.ClH/c1-3-19(15(21)11(2)8-17)10-14(20)18-9-12-4-6-13(16)7-5-12;/h4-7,11H,3,8-10,17H2,1-2H3,(H,18,20);1H. The van der Waals surface area contributed by atoms with Crippen LogP contribution in [-0.2, 0) is 16.1 Å². The number of carbonyl (C=O) groups is 2. The van der Waals surface area contributed by atoms with Crippen LogP contribution in [0.2, 0.25) is 0 Å². The highest BCUT2D eigenvalue weighted by Gasteiger charge is 2.20. The van der Waals surface area contributed by atoms with Crippen molar-refractivity contribution in [2.24, 2.45) is 11.7 Å². The SMILES string of the molecule is CCN(CC(=O)NCc1ccc(F)cc1)C(=O)C(C)CN.Cl. The van der Waals surface area contributed by atoms with Gasteiger partial charge in [0.05, 0.1) is 6.54 Å². The third-order valence-electron chi connectivity index (χ3n) is 3.21. The molecule has 1 atom stereocenters. The van der Waals surface area contributed by atoms with Crippen molar-refractivity contribution in [1.29, 1.82) is 0 Å². The van der Waals surface area contributed by atoms with E-state index in [0.29, 0.717) is 13.1 Å². The molecule has 1 unspecified atom stereocenters. The number of hydrogen-bond donors (Lipinski definition) is 2. The third-order valence-corrected chi connectivity index (χ3v) is 3.21. The van der Waals surface area contributed by atoms with Crippen LogP contribution in [0.1, 0.15) is 19.4 Å². The summed E-state index contributed by atoms with van der Waals surface area (Å²) in [5.74, 6) is -0.992. The van der Waals surface area contributed by atoms with Gasteiger partial charge in [-0.15, -0.1) is 12.4 Å². The Labute approximate surface area is 136 Å². The second kappa shape index (κ2) is 10.1. The largest absolute Gasteiger partial charge is 0.350 e. The molecule has 1 aromatic carbocycles. The Morgan fingerprint density at radius 2 is 1.91 bits per heavy atom. The van der Waals surface area contributed by atoms with E-state index in [2.05, 4.69) is 5.32 Å². The smallest absolute Gasteiger partial charge is 0.239 e. The van der Waals surface area contributed by atoms with Crippen molar-refractivity contribution in [3.8, 4) is 0 Å². The van der Waals surface area contributed by atoms with Crippen molar-refractivity contribution >= 4 is 24.2 Å². The summed E-state index contributed by atoms with van der Waals surface area (Å²) in [5, 5.41) is 2.71. The fourth-order valence-corrected chi connectivity index (χ4v) is 1.79. The molecule has 0 aliphatic carbocycles. The molecule has 22 heavy (non-hydrogen) atoms. The van der Waals surface area contributed by atoms with Crippen LogP contribution < -0.4 is 11.1 Å². The molecule has 3 N–H and O–H groups in total. The molecule has 0 aliphatic rings. The molecule has 0 saturated heterocycles.